The first-order valence-corrected chi connectivity index (χ1v) is 6.89. The van der Waals surface area contributed by atoms with Crippen LogP contribution in [0.1, 0.15) is 51.0 Å². The van der Waals surface area contributed by atoms with Crippen LogP contribution in [0.2, 0.25) is 0 Å². The Bertz CT molecular complexity index is 406. The Morgan fingerprint density at radius 2 is 2.05 bits per heavy atom. The van der Waals surface area contributed by atoms with Gasteiger partial charge in [0.1, 0.15) is 17.8 Å². The van der Waals surface area contributed by atoms with E-state index in [1.807, 2.05) is 0 Å². The van der Waals surface area contributed by atoms with Crippen molar-refractivity contribution < 1.29 is 4.79 Å². The lowest BCUT2D eigenvalue weighted by Crippen LogP contribution is -2.26. The van der Waals surface area contributed by atoms with Crippen LogP contribution in [-0.4, -0.2) is 28.5 Å². The average Bonchev–Trinajstić information content (AvgIpc) is 2.38. The van der Waals surface area contributed by atoms with Gasteiger partial charge in [-0.15, -0.1) is 0 Å². The highest BCUT2D eigenvalue weighted by molar-refractivity contribution is 5.92. The Kier molecular flexibility index (Phi) is 6.25. The zero-order chi connectivity index (χ0) is 14.3. The fraction of sp³-hybridized carbons (Fsp3) is 0.643. The predicted octanol–water partition coefficient (Wildman–Crippen LogP) is 2.46. The molecular weight excluding hydrogens is 240 g/mol. The number of hydrogen-bond donors (Lipinski definition) is 2. The van der Waals surface area contributed by atoms with Crippen molar-refractivity contribution in [2.75, 3.05) is 11.9 Å². The van der Waals surface area contributed by atoms with Gasteiger partial charge in [-0.3, -0.25) is 4.79 Å². The van der Waals surface area contributed by atoms with E-state index in [1.54, 1.807) is 6.07 Å². The Labute approximate surface area is 115 Å². The lowest BCUT2D eigenvalue weighted by atomic mass is 10.1. The van der Waals surface area contributed by atoms with Crippen molar-refractivity contribution in [2.45, 2.75) is 46.6 Å². The second-order valence-corrected chi connectivity index (χ2v) is 5.18. The van der Waals surface area contributed by atoms with E-state index in [9.17, 15) is 4.79 Å². The summed E-state index contributed by atoms with van der Waals surface area (Å²) in [4.78, 5) is 20.0. The minimum Gasteiger partial charge on any atom is -0.368 e. The van der Waals surface area contributed by atoms with Crippen molar-refractivity contribution in [3.63, 3.8) is 0 Å². The fourth-order valence-corrected chi connectivity index (χ4v) is 1.48. The van der Waals surface area contributed by atoms with Crippen molar-refractivity contribution in [3.05, 3.63) is 18.1 Å². The Morgan fingerprint density at radius 1 is 1.32 bits per heavy atom. The molecule has 0 aromatic carbocycles. The number of nitrogens with zero attached hydrogens (tertiary/aromatic N) is 2. The first kappa shape index (κ1) is 15.4. The van der Waals surface area contributed by atoms with Crippen LogP contribution < -0.4 is 10.6 Å². The third kappa shape index (κ3) is 5.68. The molecule has 2 N–H and O–H groups in total. The fourth-order valence-electron chi connectivity index (χ4n) is 1.48. The molecule has 1 amide bonds. The summed E-state index contributed by atoms with van der Waals surface area (Å²) in [6.07, 6.45) is 3.39. The van der Waals surface area contributed by atoms with Gasteiger partial charge in [0.25, 0.3) is 5.91 Å². The third-order valence-corrected chi connectivity index (χ3v) is 2.91. The van der Waals surface area contributed by atoms with Crippen LogP contribution in [0.15, 0.2) is 12.4 Å². The zero-order valence-electron chi connectivity index (χ0n) is 12.2. The van der Waals surface area contributed by atoms with Crippen LogP contribution in [0.25, 0.3) is 0 Å². The molecule has 1 heterocycles. The number of carbonyl (C=O) groups excluding carboxylic acids is 1. The third-order valence-electron chi connectivity index (χ3n) is 2.91. The molecule has 0 aliphatic rings. The number of carbonyl (C=O) groups is 1. The summed E-state index contributed by atoms with van der Waals surface area (Å²) < 4.78 is 0. The second-order valence-electron chi connectivity index (χ2n) is 5.18. The molecule has 5 heteroatoms. The van der Waals surface area contributed by atoms with Crippen LogP contribution in [-0.2, 0) is 0 Å². The molecular formula is C14H24N4O. The molecule has 1 aromatic heterocycles. The summed E-state index contributed by atoms with van der Waals surface area (Å²) in [5.41, 5.74) is 0.407. The van der Waals surface area contributed by atoms with E-state index in [0.29, 0.717) is 30.0 Å². The van der Waals surface area contributed by atoms with E-state index in [4.69, 9.17) is 0 Å². The van der Waals surface area contributed by atoms with E-state index in [1.165, 1.54) is 6.33 Å². The van der Waals surface area contributed by atoms with E-state index < -0.39 is 0 Å². The molecule has 5 nitrogen and oxygen atoms in total. The first-order chi connectivity index (χ1) is 9.02. The molecule has 1 unspecified atom stereocenters. The van der Waals surface area contributed by atoms with E-state index in [0.717, 1.165) is 12.8 Å². The van der Waals surface area contributed by atoms with Gasteiger partial charge in [0, 0.05) is 18.7 Å². The first-order valence-electron chi connectivity index (χ1n) is 6.89. The number of rotatable bonds is 7. The van der Waals surface area contributed by atoms with Gasteiger partial charge in [-0.25, -0.2) is 9.97 Å². The lowest BCUT2D eigenvalue weighted by molar-refractivity contribution is 0.0947. The summed E-state index contributed by atoms with van der Waals surface area (Å²) in [6.45, 7) is 9.10. The summed E-state index contributed by atoms with van der Waals surface area (Å²) in [6, 6.07) is 2.02. The highest BCUT2D eigenvalue weighted by atomic mass is 16.1. The SMILES string of the molecule is CCC(C)Nc1cc(C(=O)NCCC(C)C)ncn1. The molecule has 1 aromatic rings. The molecule has 0 saturated carbocycles. The van der Waals surface area contributed by atoms with Gasteiger partial charge in [0.2, 0.25) is 0 Å². The predicted molar refractivity (Wildman–Crippen MR) is 77.2 cm³/mol. The van der Waals surface area contributed by atoms with Crippen molar-refractivity contribution in [1.82, 2.24) is 15.3 Å². The molecule has 0 radical (unpaired) electrons. The smallest absolute Gasteiger partial charge is 0.270 e. The maximum atomic E-state index is 11.9. The average molecular weight is 264 g/mol. The van der Waals surface area contributed by atoms with Crippen LogP contribution in [0.5, 0.6) is 0 Å². The minimum atomic E-state index is -0.143. The van der Waals surface area contributed by atoms with E-state index in [2.05, 4.69) is 48.3 Å². The molecule has 0 fully saturated rings. The molecule has 0 aliphatic carbocycles. The van der Waals surface area contributed by atoms with Crippen molar-refractivity contribution in [3.8, 4) is 0 Å². The summed E-state index contributed by atoms with van der Waals surface area (Å²) in [5.74, 6) is 1.13. The molecule has 0 saturated heterocycles. The monoisotopic (exact) mass is 264 g/mol. The summed E-state index contributed by atoms with van der Waals surface area (Å²) in [5, 5.41) is 6.10. The van der Waals surface area contributed by atoms with Crippen molar-refractivity contribution in [2.24, 2.45) is 5.92 Å². The van der Waals surface area contributed by atoms with Crippen molar-refractivity contribution >= 4 is 11.7 Å². The van der Waals surface area contributed by atoms with Gasteiger partial charge >= 0.3 is 0 Å². The quantitative estimate of drug-likeness (QED) is 0.794. The molecule has 0 bridgehead atoms. The molecule has 106 valence electrons. The Morgan fingerprint density at radius 3 is 2.68 bits per heavy atom. The number of nitrogens with one attached hydrogen (secondary N) is 2. The van der Waals surface area contributed by atoms with Crippen LogP contribution in [0, 0.1) is 5.92 Å². The largest absolute Gasteiger partial charge is 0.368 e. The van der Waals surface area contributed by atoms with Crippen LogP contribution in [0.4, 0.5) is 5.82 Å². The number of aromatic nitrogens is 2. The van der Waals surface area contributed by atoms with E-state index >= 15 is 0 Å². The highest BCUT2D eigenvalue weighted by Gasteiger charge is 2.09. The number of amides is 1. The maximum absolute atomic E-state index is 11.9. The standard InChI is InChI=1S/C14H24N4O/c1-5-11(4)18-13-8-12(16-9-17-13)14(19)15-7-6-10(2)3/h8-11H,5-7H2,1-4H3,(H,15,19)(H,16,17,18). The number of hydrogen-bond acceptors (Lipinski definition) is 4. The van der Waals surface area contributed by atoms with Gasteiger partial charge in [-0.05, 0) is 25.7 Å². The maximum Gasteiger partial charge on any atom is 0.270 e. The van der Waals surface area contributed by atoms with Crippen LogP contribution in [0.3, 0.4) is 0 Å². The van der Waals surface area contributed by atoms with Gasteiger partial charge in [-0.2, -0.15) is 0 Å². The molecule has 1 rings (SSSR count). The van der Waals surface area contributed by atoms with Gasteiger partial charge < -0.3 is 10.6 Å². The number of anilines is 1. The zero-order valence-corrected chi connectivity index (χ0v) is 12.2. The second kappa shape index (κ2) is 7.71. The Hall–Kier alpha value is -1.65. The molecule has 19 heavy (non-hydrogen) atoms. The van der Waals surface area contributed by atoms with Crippen molar-refractivity contribution in [1.29, 1.82) is 0 Å². The topological polar surface area (TPSA) is 66.9 Å². The Balaban J connectivity index is 2.57. The highest BCUT2D eigenvalue weighted by Crippen LogP contribution is 2.07. The molecule has 0 aliphatic heterocycles. The summed E-state index contributed by atoms with van der Waals surface area (Å²) in [7, 11) is 0. The normalized spacial score (nSPS) is 12.3. The van der Waals surface area contributed by atoms with Gasteiger partial charge in [0.15, 0.2) is 0 Å². The van der Waals surface area contributed by atoms with E-state index in [-0.39, 0.29) is 5.91 Å². The van der Waals surface area contributed by atoms with Gasteiger partial charge in [0.05, 0.1) is 0 Å². The molecule has 1 atom stereocenters. The van der Waals surface area contributed by atoms with Crippen LogP contribution >= 0.6 is 0 Å². The summed E-state index contributed by atoms with van der Waals surface area (Å²) >= 11 is 0. The minimum absolute atomic E-state index is 0.143. The van der Waals surface area contributed by atoms with Gasteiger partial charge in [-0.1, -0.05) is 20.8 Å². The lowest BCUT2D eigenvalue weighted by Gasteiger charge is -2.12. The molecule has 0 spiro atoms.